The zero-order chi connectivity index (χ0) is 13.7. The molecule has 6 nitrogen and oxygen atoms in total. The summed E-state index contributed by atoms with van der Waals surface area (Å²) in [7, 11) is 0. The molecule has 2 rings (SSSR count). The predicted octanol–water partition coefficient (Wildman–Crippen LogP) is 1.37. The molecule has 1 aromatic heterocycles. The summed E-state index contributed by atoms with van der Waals surface area (Å²) in [5.74, 6) is -0.487. The molecule has 1 fully saturated rings. The first kappa shape index (κ1) is 14.0. The summed E-state index contributed by atoms with van der Waals surface area (Å²) in [6, 6.07) is 0. The van der Waals surface area contributed by atoms with E-state index in [4.69, 9.17) is 9.47 Å². The summed E-state index contributed by atoms with van der Waals surface area (Å²) in [5.41, 5.74) is 0.603. The van der Waals surface area contributed by atoms with Gasteiger partial charge >= 0.3 is 5.97 Å². The Bertz CT molecular complexity index is 454. The van der Waals surface area contributed by atoms with Gasteiger partial charge in [0.05, 0.1) is 18.7 Å². The van der Waals surface area contributed by atoms with Gasteiger partial charge < -0.3 is 9.47 Å². The fourth-order valence-corrected chi connectivity index (χ4v) is 2.49. The molecule has 1 saturated heterocycles. The summed E-state index contributed by atoms with van der Waals surface area (Å²) < 4.78 is 10.1. The zero-order valence-corrected chi connectivity index (χ0v) is 11.5. The highest BCUT2D eigenvalue weighted by Gasteiger charge is 2.24. The van der Waals surface area contributed by atoms with Crippen LogP contribution in [0, 0.1) is 0 Å². The second kappa shape index (κ2) is 6.63. The maximum atomic E-state index is 11.8. The number of nitrogens with zero attached hydrogens (tertiary/aromatic N) is 1. The number of hydrogen-bond acceptors (Lipinski definition) is 6. The quantitative estimate of drug-likeness (QED) is 0.826. The Morgan fingerprint density at radius 3 is 3.16 bits per heavy atom. The van der Waals surface area contributed by atoms with Crippen LogP contribution in [0.4, 0.5) is 5.13 Å². The van der Waals surface area contributed by atoms with Crippen LogP contribution in [0.1, 0.15) is 25.5 Å². The highest BCUT2D eigenvalue weighted by molar-refractivity contribution is 7.13. The first-order valence-corrected chi connectivity index (χ1v) is 7.09. The Labute approximate surface area is 115 Å². The van der Waals surface area contributed by atoms with E-state index in [-0.39, 0.29) is 24.4 Å². The maximum absolute atomic E-state index is 11.8. The number of carbonyl (C=O) groups is 2. The van der Waals surface area contributed by atoms with Gasteiger partial charge in [-0.15, -0.1) is 11.3 Å². The Balaban J connectivity index is 1.86. The third-order valence-electron chi connectivity index (χ3n) is 2.63. The van der Waals surface area contributed by atoms with E-state index in [1.165, 1.54) is 11.3 Å². The molecule has 1 N–H and O–H groups in total. The van der Waals surface area contributed by atoms with Gasteiger partial charge in [0.2, 0.25) is 0 Å². The van der Waals surface area contributed by atoms with E-state index in [9.17, 15) is 9.59 Å². The first-order chi connectivity index (χ1) is 9.19. The standard InChI is InChI=1S/C12H16N2O4S/c1-2-17-10(15)6-8-7-19-12(13-8)14-11(16)9-4-3-5-18-9/h7,9H,2-6H2,1H3,(H,13,14,16)/t9-/m1/s1. The van der Waals surface area contributed by atoms with E-state index < -0.39 is 0 Å². The molecule has 0 aliphatic carbocycles. The Morgan fingerprint density at radius 1 is 1.63 bits per heavy atom. The molecule has 0 unspecified atom stereocenters. The van der Waals surface area contributed by atoms with E-state index in [1.807, 2.05) is 0 Å². The van der Waals surface area contributed by atoms with Crippen molar-refractivity contribution >= 4 is 28.3 Å². The topological polar surface area (TPSA) is 77.5 Å². The SMILES string of the molecule is CCOC(=O)Cc1csc(NC(=O)[C@H]2CCCO2)n1. The monoisotopic (exact) mass is 284 g/mol. The molecule has 2 heterocycles. The highest BCUT2D eigenvalue weighted by atomic mass is 32.1. The van der Waals surface area contributed by atoms with Crippen molar-refractivity contribution < 1.29 is 19.1 Å². The Kier molecular flexibility index (Phi) is 4.86. The van der Waals surface area contributed by atoms with Crippen LogP contribution in [0.25, 0.3) is 0 Å². The normalized spacial score (nSPS) is 18.3. The summed E-state index contributed by atoms with van der Waals surface area (Å²) in [5, 5.41) is 4.92. The second-order valence-electron chi connectivity index (χ2n) is 4.12. The number of rotatable bonds is 5. The lowest BCUT2D eigenvalue weighted by atomic mass is 10.2. The van der Waals surface area contributed by atoms with Crippen molar-refractivity contribution in [1.29, 1.82) is 0 Å². The number of anilines is 1. The minimum Gasteiger partial charge on any atom is -0.466 e. The zero-order valence-electron chi connectivity index (χ0n) is 10.7. The van der Waals surface area contributed by atoms with Crippen molar-refractivity contribution in [3.63, 3.8) is 0 Å². The van der Waals surface area contributed by atoms with Crippen molar-refractivity contribution in [1.82, 2.24) is 4.98 Å². The van der Waals surface area contributed by atoms with Crippen LogP contribution in [0.2, 0.25) is 0 Å². The number of hydrogen-bond donors (Lipinski definition) is 1. The molecule has 0 radical (unpaired) electrons. The molecule has 1 amide bonds. The molecule has 0 spiro atoms. The van der Waals surface area contributed by atoms with Crippen molar-refractivity contribution in [2.24, 2.45) is 0 Å². The number of esters is 1. The summed E-state index contributed by atoms with van der Waals surface area (Å²) >= 11 is 1.29. The Hall–Kier alpha value is -1.47. The molecule has 1 aliphatic rings. The molecule has 1 atom stereocenters. The third kappa shape index (κ3) is 4.00. The first-order valence-electron chi connectivity index (χ1n) is 6.21. The fourth-order valence-electron chi connectivity index (χ4n) is 1.78. The third-order valence-corrected chi connectivity index (χ3v) is 3.44. The van der Waals surface area contributed by atoms with Gasteiger partial charge in [0.15, 0.2) is 5.13 Å². The predicted molar refractivity (Wildman–Crippen MR) is 70.1 cm³/mol. The van der Waals surface area contributed by atoms with Gasteiger partial charge in [0.25, 0.3) is 5.91 Å². The average Bonchev–Trinajstić information content (AvgIpc) is 3.00. The molecule has 19 heavy (non-hydrogen) atoms. The molecule has 0 bridgehead atoms. The van der Waals surface area contributed by atoms with Crippen molar-refractivity contribution in [3.8, 4) is 0 Å². The van der Waals surface area contributed by atoms with E-state index in [1.54, 1.807) is 12.3 Å². The summed E-state index contributed by atoms with van der Waals surface area (Å²) in [6.45, 7) is 2.74. The van der Waals surface area contributed by atoms with Crippen LogP contribution >= 0.6 is 11.3 Å². The van der Waals surface area contributed by atoms with Crippen LogP contribution in [0.15, 0.2) is 5.38 Å². The van der Waals surface area contributed by atoms with Crippen molar-refractivity contribution in [2.75, 3.05) is 18.5 Å². The number of amides is 1. The van der Waals surface area contributed by atoms with Crippen LogP contribution in [0.3, 0.4) is 0 Å². The van der Waals surface area contributed by atoms with E-state index in [2.05, 4.69) is 10.3 Å². The highest BCUT2D eigenvalue weighted by Crippen LogP contribution is 2.19. The van der Waals surface area contributed by atoms with Gasteiger partial charge in [0, 0.05) is 12.0 Å². The molecule has 0 aromatic carbocycles. The smallest absolute Gasteiger partial charge is 0.311 e. The second-order valence-corrected chi connectivity index (χ2v) is 4.97. The minimum atomic E-state index is -0.377. The lowest BCUT2D eigenvalue weighted by Crippen LogP contribution is -2.26. The van der Waals surface area contributed by atoms with Crippen LogP contribution < -0.4 is 5.32 Å². The molecule has 1 aromatic rings. The van der Waals surface area contributed by atoms with Gasteiger partial charge in [-0.3, -0.25) is 14.9 Å². The summed E-state index contributed by atoms with van der Waals surface area (Å²) in [6.07, 6.45) is 1.40. The number of carbonyl (C=O) groups excluding carboxylic acids is 2. The number of nitrogens with one attached hydrogen (secondary N) is 1. The number of thiazole rings is 1. The van der Waals surface area contributed by atoms with Crippen LogP contribution in [-0.2, 0) is 25.5 Å². The molecule has 0 saturated carbocycles. The average molecular weight is 284 g/mol. The molecular weight excluding hydrogens is 268 g/mol. The Morgan fingerprint density at radius 2 is 2.47 bits per heavy atom. The maximum Gasteiger partial charge on any atom is 0.311 e. The largest absolute Gasteiger partial charge is 0.466 e. The lowest BCUT2D eigenvalue weighted by molar-refractivity contribution is -0.142. The van der Waals surface area contributed by atoms with Gasteiger partial charge in [-0.25, -0.2) is 4.98 Å². The lowest BCUT2D eigenvalue weighted by Gasteiger charge is -2.07. The van der Waals surface area contributed by atoms with Gasteiger partial charge in [0.1, 0.15) is 6.10 Å². The van der Waals surface area contributed by atoms with E-state index >= 15 is 0 Å². The number of aromatic nitrogens is 1. The minimum absolute atomic E-state index is 0.125. The molecular formula is C12H16N2O4S. The van der Waals surface area contributed by atoms with Gasteiger partial charge in [-0.2, -0.15) is 0 Å². The molecule has 1 aliphatic heterocycles. The molecule has 7 heteroatoms. The van der Waals surface area contributed by atoms with Crippen molar-refractivity contribution in [3.05, 3.63) is 11.1 Å². The van der Waals surface area contributed by atoms with Crippen LogP contribution in [-0.4, -0.2) is 36.2 Å². The van der Waals surface area contributed by atoms with Gasteiger partial charge in [-0.1, -0.05) is 0 Å². The van der Waals surface area contributed by atoms with E-state index in [0.29, 0.717) is 24.0 Å². The number of ether oxygens (including phenoxy) is 2. The van der Waals surface area contributed by atoms with Crippen LogP contribution in [0.5, 0.6) is 0 Å². The molecule has 104 valence electrons. The van der Waals surface area contributed by atoms with Crippen molar-refractivity contribution in [2.45, 2.75) is 32.3 Å². The fraction of sp³-hybridized carbons (Fsp3) is 0.583. The summed E-state index contributed by atoms with van der Waals surface area (Å²) in [4.78, 5) is 27.2. The van der Waals surface area contributed by atoms with Gasteiger partial charge in [-0.05, 0) is 19.8 Å². The van der Waals surface area contributed by atoms with E-state index in [0.717, 1.165) is 12.8 Å².